The molecule has 1 fully saturated rings. The predicted octanol–water partition coefficient (Wildman–Crippen LogP) is 2.71. The highest BCUT2D eigenvalue weighted by Gasteiger charge is 2.34. The van der Waals surface area contributed by atoms with Gasteiger partial charge in [0.1, 0.15) is 16.4 Å². The first-order valence-electron chi connectivity index (χ1n) is 7.22. The third-order valence-corrected chi connectivity index (χ3v) is 4.74. The van der Waals surface area contributed by atoms with Crippen LogP contribution in [0, 0.1) is 0 Å². The average Bonchev–Trinajstić information content (AvgIpc) is 3.16. The van der Waals surface area contributed by atoms with E-state index in [4.69, 9.17) is 4.74 Å². The molecule has 0 N–H and O–H groups in total. The van der Waals surface area contributed by atoms with E-state index in [-0.39, 0.29) is 4.96 Å². The number of ether oxygens (including phenoxy) is 1. The number of aromatic nitrogens is 4. The molecular formula is C14H12F3N5OS. The predicted molar refractivity (Wildman–Crippen MR) is 82.1 cm³/mol. The second-order valence-corrected chi connectivity index (χ2v) is 6.24. The molecule has 0 aromatic carbocycles. The number of hydrogen-bond donors (Lipinski definition) is 0. The minimum Gasteiger partial charge on any atom is -0.378 e. The maximum absolute atomic E-state index is 12.9. The number of nitrogens with zero attached hydrogens (tertiary/aromatic N) is 5. The number of halogens is 3. The van der Waals surface area contributed by atoms with Gasteiger partial charge in [-0.05, 0) is 6.07 Å². The third-order valence-electron chi connectivity index (χ3n) is 3.69. The highest BCUT2D eigenvalue weighted by atomic mass is 32.1. The molecule has 0 atom stereocenters. The number of thiazole rings is 1. The molecule has 126 valence electrons. The number of anilines is 1. The van der Waals surface area contributed by atoms with E-state index in [1.807, 2.05) is 0 Å². The quantitative estimate of drug-likeness (QED) is 0.707. The molecule has 0 aliphatic carbocycles. The van der Waals surface area contributed by atoms with Gasteiger partial charge in [-0.3, -0.25) is 4.40 Å². The van der Waals surface area contributed by atoms with Crippen molar-refractivity contribution in [2.75, 3.05) is 31.2 Å². The minimum atomic E-state index is -4.39. The Bertz CT molecular complexity index is 869. The first kappa shape index (κ1) is 15.3. The summed E-state index contributed by atoms with van der Waals surface area (Å²) < 4.78 is 45.3. The second kappa shape index (κ2) is 5.71. The van der Waals surface area contributed by atoms with Crippen molar-refractivity contribution in [1.29, 1.82) is 0 Å². The standard InChI is InChI=1S/C14H12F3N5OS/c15-14(16,17)10-8-22-9(7-19-13(22)24-10)12-18-2-1-11(20-12)21-3-5-23-6-4-21/h1-2,7-8H,3-6H2. The van der Waals surface area contributed by atoms with Gasteiger partial charge in [0, 0.05) is 25.5 Å². The number of alkyl halides is 3. The Balaban J connectivity index is 1.73. The lowest BCUT2D eigenvalue weighted by atomic mass is 10.3. The molecule has 1 aliphatic heterocycles. The molecule has 3 aromatic rings. The molecular weight excluding hydrogens is 343 g/mol. The van der Waals surface area contributed by atoms with Crippen LogP contribution < -0.4 is 4.90 Å². The van der Waals surface area contributed by atoms with E-state index < -0.39 is 11.1 Å². The van der Waals surface area contributed by atoms with E-state index in [0.29, 0.717) is 36.1 Å². The molecule has 4 rings (SSSR count). The van der Waals surface area contributed by atoms with Gasteiger partial charge in [0.2, 0.25) is 0 Å². The SMILES string of the molecule is FC(F)(F)c1cn2c(-c3nccc(N4CCOCC4)n3)cnc2s1. The molecule has 0 unspecified atom stereocenters. The highest BCUT2D eigenvalue weighted by molar-refractivity contribution is 7.17. The van der Waals surface area contributed by atoms with E-state index in [9.17, 15) is 13.2 Å². The number of fused-ring (bicyclic) bond motifs is 1. The summed E-state index contributed by atoms with van der Waals surface area (Å²) in [5, 5.41) is 0. The Labute approximate surface area is 138 Å². The Kier molecular flexibility index (Phi) is 3.65. The van der Waals surface area contributed by atoms with Gasteiger partial charge < -0.3 is 9.64 Å². The summed E-state index contributed by atoms with van der Waals surface area (Å²) in [5.41, 5.74) is 0.437. The number of imidazole rings is 1. The van der Waals surface area contributed by atoms with Gasteiger partial charge in [0.25, 0.3) is 0 Å². The molecule has 1 aliphatic rings. The van der Waals surface area contributed by atoms with Crippen molar-refractivity contribution in [3.8, 4) is 11.5 Å². The first-order valence-corrected chi connectivity index (χ1v) is 8.04. The molecule has 3 aromatic heterocycles. The molecule has 10 heteroatoms. The van der Waals surface area contributed by atoms with Crippen LogP contribution in [0.2, 0.25) is 0 Å². The lowest BCUT2D eigenvalue weighted by molar-refractivity contribution is -0.134. The molecule has 0 amide bonds. The van der Waals surface area contributed by atoms with E-state index in [2.05, 4.69) is 19.9 Å². The van der Waals surface area contributed by atoms with Crippen LogP contribution in [0.25, 0.3) is 16.5 Å². The van der Waals surface area contributed by atoms with E-state index in [0.717, 1.165) is 25.1 Å². The van der Waals surface area contributed by atoms with Crippen molar-refractivity contribution in [3.63, 3.8) is 0 Å². The number of hydrogen-bond acceptors (Lipinski definition) is 6. The molecule has 0 spiro atoms. The van der Waals surface area contributed by atoms with Crippen LogP contribution in [0.3, 0.4) is 0 Å². The highest BCUT2D eigenvalue weighted by Crippen LogP contribution is 2.36. The van der Waals surface area contributed by atoms with Crippen LogP contribution in [0.4, 0.5) is 19.0 Å². The van der Waals surface area contributed by atoms with Crippen molar-refractivity contribution in [2.24, 2.45) is 0 Å². The zero-order valence-electron chi connectivity index (χ0n) is 12.3. The monoisotopic (exact) mass is 355 g/mol. The molecule has 4 heterocycles. The fourth-order valence-electron chi connectivity index (χ4n) is 2.52. The summed E-state index contributed by atoms with van der Waals surface area (Å²) in [6, 6.07) is 1.78. The largest absolute Gasteiger partial charge is 0.427 e. The van der Waals surface area contributed by atoms with Gasteiger partial charge in [-0.1, -0.05) is 11.3 Å². The number of morpholine rings is 1. The van der Waals surface area contributed by atoms with Crippen molar-refractivity contribution in [1.82, 2.24) is 19.4 Å². The maximum atomic E-state index is 12.9. The normalized spacial score (nSPS) is 16.0. The summed E-state index contributed by atoms with van der Waals surface area (Å²) >= 11 is 0.596. The topological polar surface area (TPSA) is 55.5 Å². The lowest BCUT2D eigenvalue weighted by Gasteiger charge is -2.27. The molecule has 0 radical (unpaired) electrons. The van der Waals surface area contributed by atoms with Crippen LogP contribution in [-0.2, 0) is 10.9 Å². The molecule has 6 nitrogen and oxygen atoms in total. The van der Waals surface area contributed by atoms with Crippen LogP contribution in [0.15, 0.2) is 24.7 Å². The van der Waals surface area contributed by atoms with Crippen molar-refractivity contribution in [2.45, 2.75) is 6.18 Å². The van der Waals surface area contributed by atoms with Crippen molar-refractivity contribution in [3.05, 3.63) is 29.5 Å². The fourth-order valence-corrected chi connectivity index (χ4v) is 3.35. The smallest absolute Gasteiger partial charge is 0.378 e. The molecule has 0 bridgehead atoms. The third kappa shape index (κ3) is 2.71. The van der Waals surface area contributed by atoms with Gasteiger partial charge in [0.05, 0.1) is 19.4 Å². The van der Waals surface area contributed by atoms with E-state index >= 15 is 0 Å². The van der Waals surface area contributed by atoms with Gasteiger partial charge in [0.15, 0.2) is 10.8 Å². The maximum Gasteiger partial charge on any atom is 0.427 e. The zero-order chi connectivity index (χ0) is 16.7. The average molecular weight is 355 g/mol. The first-order chi connectivity index (χ1) is 11.5. The van der Waals surface area contributed by atoms with Crippen LogP contribution >= 0.6 is 11.3 Å². The van der Waals surface area contributed by atoms with E-state index in [1.54, 1.807) is 12.3 Å². The van der Waals surface area contributed by atoms with Gasteiger partial charge >= 0.3 is 6.18 Å². The molecule has 0 saturated carbocycles. The Morgan fingerprint density at radius 1 is 1.17 bits per heavy atom. The van der Waals surface area contributed by atoms with Crippen LogP contribution in [-0.4, -0.2) is 45.7 Å². The summed E-state index contributed by atoms with van der Waals surface area (Å²) in [6.45, 7) is 2.68. The zero-order valence-corrected chi connectivity index (χ0v) is 13.1. The molecule has 1 saturated heterocycles. The second-order valence-electron chi connectivity index (χ2n) is 5.23. The Hall–Kier alpha value is -2.20. The van der Waals surface area contributed by atoms with Crippen LogP contribution in [0.5, 0.6) is 0 Å². The van der Waals surface area contributed by atoms with Crippen LogP contribution in [0.1, 0.15) is 4.88 Å². The summed E-state index contributed by atoms with van der Waals surface area (Å²) in [4.78, 5) is 14.3. The lowest BCUT2D eigenvalue weighted by Crippen LogP contribution is -2.36. The number of rotatable bonds is 2. The van der Waals surface area contributed by atoms with Gasteiger partial charge in [-0.15, -0.1) is 0 Å². The Morgan fingerprint density at radius 3 is 2.71 bits per heavy atom. The summed E-state index contributed by atoms with van der Waals surface area (Å²) in [5.74, 6) is 1.07. The van der Waals surface area contributed by atoms with Gasteiger partial charge in [-0.2, -0.15) is 13.2 Å². The fraction of sp³-hybridized carbons (Fsp3) is 0.357. The summed E-state index contributed by atoms with van der Waals surface area (Å²) in [7, 11) is 0. The minimum absolute atomic E-state index is 0.262. The van der Waals surface area contributed by atoms with E-state index in [1.165, 1.54) is 10.6 Å². The van der Waals surface area contributed by atoms with Crippen molar-refractivity contribution >= 4 is 22.1 Å². The van der Waals surface area contributed by atoms with Gasteiger partial charge in [-0.25, -0.2) is 15.0 Å². The van der Waals surface area contributed by atoms with Crippen molar-refractivity contribution < 1.29 is 17.9 Å². The Morgan fingerprint density at radius 2 is 1.96 bits per heavy atom. The summed E-state index contributed by atoms with van der Waals surface area (Å²) in [6.07, 6.45) is -0.264. The molecule has 24 heavy (non-hydrogen) atoms.